The third kappa shape index (κ3) is 2.61. The van der Waals surface area contributed by atoms with Crippen molar-refractivity contribution in [1.82, 2.24) is 4.98 Å². The number of carbonyl (C=O) groups is 1. The maximum absolute atomic E-state index is 11.3. The van der Waals surface area contributed by atoms with Gasteiger partial charge in [-0.15, -0.1) is 11.3 Å². The van der Waals surface area contributed by atoms with Crippen molar-refractivity contribution in [3.05, 3.63) is 46.4 Å². The smallest absolute Gasteiger partial charge is 0.339 e. The lowest BCUT2D eigenvalue weighted by Crippen LogP contribution is -2.26. The van der Waals surface area contributed by atoms with Crippen molar-refractivity contribution < 1.29 is 9.90 Å². The Hall–Kier alpha value is -1.88. The van der Waals surface area contributed by atoms with Crippen molar-refractivity contribution in [2.45, 2.75) is 25.4 Å². The Labute approximate surface area is 115 Å². The van der Waals surface area contributed by atoms with Crippen LogP contribution in [-0.2, 0) is 6.54 Å². The number of aromatic carboxylic acids is 1. The molecule has 98 valence electrons. The highest BCUT2D eigenvalue weighted by Gasteiger charge is 2.31. The summed E-state index contributed by atoms with van der Waals surface area (Å²) in [6, 6.07) is 6.37. The normalized spacial score (nSPS) is 14.3. The SMILES string of the molecule is O=C(O)c1cnccc1N(Cc1cccs1)C1CC1. The van der Waals surface area contributed by atoms with Crippen LogP contribution in [0.1, 0.15) is 28.1 Å². The minimum atomic E-state index is -0.917. The summed E-state index contributed by atoms with van der Waals surface area (Å²) in [4.78, 5) is 18.7. The molecule has 1 N–H and O–H groups in total. The van der Waals surface area contributed by atoms with Gasteiger partial charge in [0, 0.05) is 23.3 Å². The van der Waals surface area contributed by atoms with E-state index in [0.717, 1.165) is 25.1 Å². The van der Waals surface area contributed by atoms with Crippen LogP contribution in [0.5, 0.6) is 0 Å². The first-order chi connectivity index (χ1) is 9.25. The van der Waals surface area contributed by atoms with Gasteiger partial charge in [-0.1, -0.05) is 6.07 Å². The van der Waals surface area contributed by atoms with Gasteiger partial charge in [0.1, 0.15) is 5.56 Å². The molecular formula is C14H14N2O2S. The first-order valence-electron chi connectivity index (χ1n) is 6.22. The second kappa shape index (κ2) is 5.01. The Morgan fingerprint density at radius 3 is 2.95 bits per heavy atom. The number of thiophene rings is 1. The highest BCUT2D eigenvalue weighted by Crippen LogP contribution is 2.35. The van der Waals surface area contributed by atoms with E-state index in [9.17, 15) is 9.90 Å². The Kier molecular flexibility index (Phi) is 3.21. The van der Waals surface area contributed by atoms with E-state index in [-0.39, 0.29) is 5.56 Å². The summed E-state index contributed by atoms with van der Waals surface area (Å²) >= 11 is 1.70. The number of hydrogen-bond acceptors (Lipinski definition) is 4. The third-order valence-corrected chi connectivity index (χ3v) is 4.09. The largest absolute Gasteiger partial charge is 0.478 e. The standard InChI is InChI=1S/C14H14N2O2S/c17-14(18)12-8-15-6-5-13(12)16(10-3-4-10)9-11-2-1-7-19-11/h1-2,5-8,10H,3-4,9H2,(H,17,18). The topological polar surface area (TPSA) is 53.4 Å². The van der Waals surface area contributed by atoms with Crippen LogP contribution >= 0.6 is 11.3 Å². The summed E-state index contributed by atoms with van der Waals surface area (Å²) in [5, 5.41) is 11.3. The maximum Gasteiger partial charge on any atom is 0.339 e. The summed E-state index contributed by atoms with van der Waals surface area (Å²) in [6.45, 7) is 0.770. The first-order valence-corrected chi connectivity index (χ1v) is 7.10. The van der Waals surface area contributed by atoms with Crippen molar-refractivity contribution >= 4 is 23.0 Å². The lowest BCUT2D eigenvalue weighted by Gasteiger charge is -2.25. The molecule has 1 fully saturated rings. The van der Waals surface area contributed by atoms with E-state index in [1.54, 1.807) is 23.6 Å². The van der Waals surface area contributed by atoms with Gasteiger partial charge in [-0.2, -0.15) is 0 Å². The number of hydrogen-bond donors (Lipinski definition) is 1. The highest BCUT2D eigenvalue weighted by atomic mass is 32.1. The molecule has 19 heavy (non-hydrogen) atoms. The second-order valence-corrected chi connectivity index (χ2v) is 5.67. The molecule has 4 nitrogen and oxygen atoms in total. The molecule has 0 saturated heterocycles. The first kappa shape index (κ1) is 12.2. The van der Waals surface area contributed by atoms with Crippen LogP contribution in [0, 0.1) is 0 Å². The Balaban J connectivity index is 1.94. The van der Waals surface area contributed by atoms with Crippen LogP contribution in [0.15, 0.2) is 36.0 Å². The molecule has 0 amide bonds. The van der Waals surface area contributed by atoms with Crippen LogP contribution in [0.25, 0.3) is 0 Å². The lowest BCUT2D eigenvalue weighted by molar-refractivity contribution is 0.0697. The van der Waals surface area contributed by atoms with Crippen molar-refractivity contribution in [2.24, 2.45) is 0 Å². The van der Waals surface area contributed by atoms with E-state index < -0.39 is 5.97 Å². The van der Waals surface area contributed by atoms with Gasteiger partial charge in [0.15, 0.2) is 0 Å². The fraction of sp³-hybridized carbons (Fsp3) is 0.286. The molecule has 2 heterocycles. The summed E-state index contributed by atoms with van der Waals surface area (Å²) in [7, 11) is 0. The van der Waals surface area contributed by atoms with E-state index >= 15 is 0 Å². The van der Waals surface area contributed by atoms with Crippen LogP contribution in [0.3, 0.4) is 0 Å². The minimum absolute atomic E-state index is 0.283. The highest BCUT2D eigenvalue weighted by molar-refractivity contribution is 7.09. The van der Waals surface area contributed by atoms with Crippen molar-refractivity contribution in [3.8, 4) is 0 Å². The fourth-order valence-electron chi connectivity index (χ4n) is 2.17. The molecule has 0 unspecified atom stereocenters. The van der Waals surface area contributed by atoms with Gasteiger partial charge in [-0.05, 0) is 30.4 Å². The van der Waals surface area contributed by atoms with Crippen molar-refractivity contribution in [2.75, 3.05) is 4.90 Å². The molecule has 1 saturated carbocycles. The third-order valence-electron chi connectivity index (χ3n) is 3.23. The van der Waals surface area contributed by atoms with Crippen LogP contribution in [-0.4, -0.2) is 22.1 Å². The maximum atomic E-state index is 11.3. The number of nitrogens with zero attached hydrogens (tertiary/aromatic N) is 2. The number of anilines is 1. The number of aromatic nitrogens is 1. The monoisotopic (exact) mass is 274 g/mol. The minimum Gasteiger partial charge on any atom is -0.478 e. The quantitative estimate of drug-likeness (QED) is 0.910. The van der Waals surface area contributed by atoms with Crippen LogP contribution in [0.2, 0.25) is 0 Å². The number of carboxylic acid groups (broad SMARTS) is 1. The van der Waals surface area contributed by atoms with E-state index in [2.05, 4.69) is 16.0 Å². The summed E-state index contributed by atoms with van der Waals surface area (Å²) in [6.07, 6.45) is 5.35. The average Bonchev–Trinajstić information content (AvgIpc) is 3.13. The zero-order chi connectivity index (χ0) is 13.2. The van der Waals surface area contributed by atoms with Crippen molar-refractivity contribution in [3.63, 3.8) is 0 Å². The molecule has 5 heteroatoms. The van der Waals surface area contributed by atoms with Crippen LogP contribution < -0.4 is 4.90 Å². The molecule has 0 bridgehead atoms. The van der Waals surface area contributed by atoms with Gasteiger partial charge in [-0.3, -0.25) is 4.98 Å². The van der Waals surface area contributed by atoms with E-state index in [4.69, 9.17) is 0 Å². The zero-order valence-corrected chi connectivity index (χ0v) is 11.1. The molecule has 2 aromatic heterocycles. The summed E-state index contributed by atoms with van der Waals surface area (Å²) in [5.74, 6) is -0.917. The van der Waals surface area contributed by atoms with Gasteiger partial charge in [-0.25, -0.2) is 4.79 Å². The van der Waals surface area contributed by atoms with Gasteiger partial charge in [0.05, 0.1) is 12.2 Å². The number of carboxylic acids is 1. The second-order valence-electron chi connectivity index (χ2n) is 4.64. The molecular weight excluding hydrogens is 260 g/mol. The molecule has 2 aromatic rings. The van der Waals surface area contributed by atoms with Crippen molar-refractivity contribution in [1.29, 1.82) is 0 Å². The lowest BCUT2D eigenvalue weighted by atomic mass is 10.2. The Bertz CT molecular complexity index is 579. The van der Waals surface area contributed by atoms with Gasteiger partial charge in [0.2, 0.25) is 0 Å². The zero-order valence-electron chi connectivity index (χ0n) is 10.3. The molecule has 0 atom stereocenters. The van der Waals surface area contributed by atoms with E-state index in [1.165, 1.54) is 11.1 Å². The molecule has 1 aliphatic rings. The molecule has 0 aromatic carbocycles. The molecule has 3 rings (SSSR count). The van der Waals surface area contributed by atoms with E-state index in [0.29, 0.717) is 6.04 Å². The van der Waals surface area contributed by atoms with Gasteiger partial charge < -0.3 is 10.0 Å². The Morgan fingerprint density at radius 2 is 2.32 bits per heavy atom. The van der Waals surface area contributed by atoms with Gasteiger partial charge >= 0.3 is 5.97 Å². The molecule has 1 aliphatic carbocycles. The predicted molar refractivity (Wildman–Crippen MR) is 74.7 cm³/mol. The predicted octanol–water partition coefficient (Wildman–Crippen LogP) is 3.01. The fourth-order valence-corrected chi connectivity index (χ4v) is 2.87. The number of pyridine rings is 1. The molecule has 0 radical (unpaired) electrons. The number of rotatable bonds is 5. The van der Waals surface area contributed by atoms with Gasteiger partial charge in [0.25, 0.3) is 0 Å². The molecule has 0 spiro atoms. The molecule has 0 aliphatic heterocycles. The summed E-state index contributed by atoms with van der Waals surface area (Å²) in [5.41, 5.74) is 1.06. The summed E-state index contributed by atoms with van der Waals surface area (Å²) < 4.78 is 0. The Morgan fingerprint density at radius 1 is 1.47 bits per heavy atom. The van der Waals surface area contributed by atoms with E-state index in [1.807, 2.05) is 11.4 Å². The average molecular weight is 274 g/mol. The van der Waals surface area contributed by atoms with Crippen LogP contribution in [0.4, 0.5) is 5.69 Å².